The van der Waals surface area contributed by atoms with E-state index in [0.29, 0.717) is 0 Å². The Morgan fingerprint density at radius 1 is 0.378 bits per heavy atom. The van der Waals surface area contributed by atoms with E-state index in [1.165, 1.54) is 76.8 Å². The highest BCUT2D eigenvalue weighted by Gasteiger charge is 2.19. The zero-order chi connectivity index (χ0) is 30.5. The average molecular weight is 576 g/mol. The largest absolute Gasteiger partial charge is 0.256 e. The lowest BCUT2D eigenvalue weighted by atomic mass is 9.83. The molecule has 0 fully saturated rings. The van der Waals surface area contributed by atoms with Crippen LogP contribution in [-0.4, -0.2) is 4.98 Å². The second-order valence-electron chi connectivity index (χ2n) is 12.1. The number of benzene rings is 7. The SMILES string of the molecule is Cc1ccc(-c2cccc(-c3c4ccccc4c(-c4cccc5c(-c6c(C)cccc6C)cccc45)c4ccccc34)c2)nc1. The first kappa shape index (κ1) is 27.0. The Hall–Kier alpha value is -5.53. The maximum Gasteiger partial charge on any atom is 0.0702 e. The molecule has 0 aliphatic heterocycles. The van der Waals surface area contributed by atoms with Crippen LogP contribution in [0.2, 0.25) is 0 Å². The van der Waals surface area contributed by atoms with Gasteiger partial charge in [-0.1, -0.05) is 127 Å². The molecule has 8 aromatic rings. The average Bonchev–Trinajstić information content (AvgIpc) is 3.07. The van der Waals surface area contributed by atoms with E-state index >= 15 is 0 Å². The first-order chi connectivity index (χ1) is 22.1. The van der Waals surface area contributed by atoms with Crippen LogP contribution in [0.25, 0.3) is 77.0 Å². The summed E-state index contributed by atoms with van der Waals surface area (Å²) in [6.07, 6.45) is 1.94. The molecule has 7 aromatic carbocycles. The van der Waals surface area contributed by atoms with E-state index in [-0.39, 0.29) is 0 Å². The third kappa shape index (κ3) is 4.51. The Morgan fingerprint density at radius 2 is 0.867 bits per heavy atom. The number of hydrogen-bond donors (Lipinski definition) is 0. The highest BCUT2D eigenvalue weighted by molar-refractivity contribution is 6.24. The molecular formula is C44H33N. The lowest BCUT2D eigenvalue weighted by molar-refractivity contribution is 1.27. The van der Waals surface area contributed by atoms with Crippen LogP contribution in [0.4, 0.5) is 0 Å². The summed E-state index contributed by atoms with van der Waals surface area (Å²) in [5, 5.41) is 7.58. The molecule has 8 rings (SSSR count). The van der Waals surface area contributed by atoms with E-state index in [9.17, 15) is 0 Å². The van der Waals surface area contributed by atoms with Crippen molar-refractivity contribution in [2.45, 2.75) is 20.8 Å². The molecule has 0 aliphatic rings. The molecule has 0 amide bonds. The number of hydrogen-bond acceptors (Lipinski definition) is 1. The fraction of sp³-hybridized carbons (Fsp3) is 0.0682. The summed E-state index contributed by atoms with van der Waals surface area (Å²) in [5.74, 6) is 0. The lowest BCUT2D eigenvalue weighted by Gasteiger charge is -2.20. The highest BCUT2D eigenvalue weighted by Crippen LogP contribution is 2.46. The Bertz CT molecular complexity index is 2320. The Kier molecular flexibility index (Phi) is 6.54. The molecule has 0 N–H and O–H groups in total. The topological polar surface area (TPSA) is 12.9 Å². The molecule has 0 saturated heterocycles. The fourth-order valence-corrected chi connectivity index (χ4v) is 7.19. The number of rotatable bonds is 4. The summed E-state index contributed by atoms with van der Waals surface area (Å²) in [7, 11) is 0. The maximum absolute atomic E-state index is 4.73. The monoisotopic (exact) mass is 575 g/mol. The van der Waals surface area contributed by atoms with Crippen molar-refractivity contribution >= 4 is 32.3 Å². The van der Waals surface area contributed by atoms with E-state index in [4.69, 9.17) is 4.98 Å². The van der Waals surface area contributed by atoms with Crippen molar-refractivity contribution in [2.24, 2.45) is 0 Å². The predicted octanol–water partition coefficient (Wildman–Crippen LogP) is 12.1. The second-order valence-corrected chi connectivity index (χ2v) is 12.1. The third-order valence-electron chi connectivity index (χ3n) is 9.23. The van der Waals surface area contributed by atoms with Gasteiger partial charge in [-0.3, -0.25) is 4.98 Å². The molecule has 45 heavy (non-hydrogen) atoms. The number of aryl methyl sites for hydroxylation is 3. The van der Waals surface area contributed by atoms with Gasteiger partial charge in [-0.15, -0.1) is 0 Å². The first-order valence-corrected chi connectivity index (χ1v) is 15.6. The van der Waals surface area contributed by atoms with Gasteiger partial charge in [-0.05, 0) is 115 Å². The van der Waals surface area contributed by atoms with Crippen molar-refractivity contribution in [2.75, 3.05) is 0 Å². The maximum atomic E-state index is 4.73. The number of nitrogens with zero attached hydrogens (tertiary/aromatic N) is 1. The number of fused-ring (bicyclic) bond motifs is 3. The molecule has 0 unspecified atom stereocenters. The lowest BCUT2D eigenvalue weighted by Crippen LogP contribution is -1.93. The summed E-state index contributed by atoms with van der Waals surface area (Å²) in [6, 6.07) is 51.1. The Labute approximate surface area is 264 Å². The van der Waals surface area contributed by atoms with Crippen LogP contribution in [-0.2, 0) is 0 Å². The predicted molar refractivity (Wildman–Crippen MR) is 193 cm³/mol. The second kappa shape index (κ2) is 10.9. The molecule has 214 valence electrons. The van der Waals surface area contributed by atoms with Crippen molar-refractivity contribution in [1.82, 2.24) is 4.98 Å². The minimum Gasteiger partial charge on any atom is -0.256 e. The van der Waals surface area contributed by atoms with Gasteiger partial charge in [-0.25, -0.2) is 0 Å². The molecule has 1 aromatic heterocycles. The normalized spacial score (nSPS) is 11.4. The van der Waals surface area contributed by atoms with Crippen LogP contribution in [0.15, 0.2) is 146 Å². The molecule has 1 heterocycles. The summed E-state index contributed by atoms with van der Waals surface area (Å²) in [5.41, 5.74) is 13.5. The van der Waals surface area contributed by atoms with Crippen LogP contribution in [0.5, 0.6) is 0 Å². The third-order valence-corrected chi connectivity index (χ3v) is 9.23. The molecule has 0 radical (unpaired) electrons. The summed E-state index contributed by atoms with van der Waals surface area (Å²) in [4.78, 5) is 4.73. The molecule has 0 atom stereocenters. The van der Waals surface area contributed by atoms with Gasteiger partial charge in [0, 0.05) is 11.8 Å². The van der Waals surface area contributed by atoms with Crippen LogP contribution in [0.1, 0.15) is 16.7 Å². The summed E-state index contributed by atoms with van der Waals surface area (Å²) in [6.45, 7) is 6.51. The molecule has 0 bridgehead atoms. The smallest absolute Gasteiger partial charge is 0.0702 e. The molecule has 0 spiro atoms. The van der Waals surface area contributed by atoms with Crippen LogP contribution in [0, 0.1) is 20.8 Å². The van der Waals surface area contributed by atoms with Gasteiger partial charge in [0.25, 0.3) is 0 Å². The minimum atomic E-state index is 0.989. The van der Waals surface area contributed by atoms with Crippen molar-refractivity contribution in [3.8, 4) is 44.6 Å². The minimum absolute atomic E-state index is 0.989. The van der Waals surface area contributed by atoms with E-state index in [0.717, 1.165) is 16.8 Å². The fourth-order valence-electron chi connectivity index (χ4n) is 7.19. The van der Waals surface area contributed by atoms with Crippen molar-refractivity contribution in [3.63, 3.8) is 0 Å². The van der Waals surface area contributed by atoms with Crippen LogP contribution in [0.3, 0.4) is 0 Å². The number of aromatic nitrogens is 1. The molecule has 1 heteroatoms. The standard InChI is InChI=1S/C44H33N/c1-28-24-25-41(45-27-28)31-14-9-15-32(26-31)43-37-16-4-6-18-39(37)44(40-19-7-5-17-38(40)43)36-23-11-20-33-34(36)21-10-22-35(33)42-29(2)12-8-13-30(42)3/h4-27H,1-3H3. The Morgan fingerprint density at radius 3 is 1.44 bits per heavy atom. The number of pyridine rings is 1. The van der Waals surface area contributed by atoms with Gasteiger partial charge in [0.2, 0.25) is 0 Å². The van der Waals surface area contributed by atoms with Gasteiger partial charge in [0.1, 0.15) is 0 Å². The van der Waals surface area contributed by atoms with Gasteiger partial charge < -0.3 is 0 Å². The molecule has 1 nitrogen and oxygen atoms in total. The van der Waals surface area contributed by atoms with Gasteiger partial charge in [-0.2, -0.15) is 0 Å². The van der Waals surface area contributed by atoms with Crippen molar-refractivity contribution in [3.05, 3.63) is 162 Å². The van der Waals surface area contributed by atoms with Gasteiger partial charge in [0.05, 0.1) is 5.69 Å². The molecule has 0 aliphatic carbocycles. The van der Waals surface area contributed by atoms with E-state index in [2.05, 4.69) is 160 Å². The van der Waals surface area contributed by atoms with Crippen molar-refractivity contribution in [1.29, 1.82) is 0 Å². The van der Waals surface area contributed by atoms with Gasteiger partial charge >= 0.3 is 0 Å². The zero-order valence-electron chi connectivity index (χ0n) is 25.8. The summed E-state index contributed by atoms with van der Waals surface area (Å²) < 4.78 is 0. The quantitative estimate of drug-likeness (QED) is 0.190. The van der Waals surface area contributed by atoms with Crippen molar-refractivity contribution < 1.29 is 0 Å². The molecule has 0 saturated carbocycles. The summed E-state index contributed by atoms with van der Waals surface area (Å²) >= 11 is 0. The highest BCUT2D eigenvalue weighted by atomic mass is 14.7. The van der Waals surface area contributed by atoms with Gasteiger partial charge in [0.15, 0.2) is 0 Å². The molecular weight excluding hydrogens is 542 g/mol. The van der Waals surface area contributed by atoms with Crippen LogP contribution < -0.4 is 0 Å². The zero-order valence-corrected chi connectivity index (χ0v) is 25.8. The Balaban J connectivity index is 1.42. The van der Waals surface area contributed by atoms with E-state index < -0.39 is 0 Å². The van der Waals surface area contributed by atoms with Crippen LogP contribution >= 0.6 is 0 Å². The van der Waals surface area contributed by atoms with E-state index in [1.54, 1.807) is 0 Å². The van der Waals surface area contributed by atoms with E-state index in [1.807, 2.05) is 6.20 Å². The first-order valence-electron chi connectivity index (χ1n) is 15.6.